The largest absolute Gasteiger partial charge is 0.478 e. The van der Waals surface area contributed by atoms with Crippen LogP contribution in [0, 0.1) is 0 Å². The van der Waals surface area contributed by atoms with Gasteiger partial charge in [0.05, 0.1) is 16.6 Å². The van der Waals surface area contributed by atoms with Crippen molar-refractivity contribution >= 4 is 23.0 Å². The van der Waals surface area contributed by atoms with E-state index in [9.17, 15) is 9.90 Å². The van der Waals surface area contributed by atoms with Crippen molar-refractivity contribution in [1.82, 2.24) is 19.5 Å². The van der Waals surface area contributed by atoms with Crippen LogP contribution in [0.3, 0.4) is 0 Å². The van der Waals surface area contributed by atoms with Gasteiger partial charge in [0.25, 0.3) is 0 Å². The molecule has 138 valence electrons. The average Bonchev–Trinajstić information content (AvgIpc) is 3.24. The Balaban J connectivity index is 1.70. The van der Waals surface area contributed by atoms with Crippen molar-refractivity contribution in [3.05, 3.63) is 35.0 Å². The quantitative estimate of drug-likeness (QED) is 0.770. The zero-order chi connectivity index (χ0) is 18.7. The zero-order valence-corrected chi connectivity index (χ0v) is 15.4. The maximum atomic E-state index is 11.3. The number of nitrogens with zero attached hydrogens (tertiary/aromatic N) is 5. The highest BCUT2D eigenvalue weighted by Crippen LogP contribution is 2.34. The first-order valence-corrected chi connectivity index (χ1v) is 9.39. The molecule has 0 spiro atoms. The first kappa shape index (κ1) is 16.2. The summed E-state index contributed by atoms with van der Waals surface area (Å²) in [6, 6.07) is 5.51. The Labute approximate surface area is 156 Å². The molecule has 3 aromatic rings. The van der Waals surface area contributed by atoms with E-state index in [1.807, 2.05) is 11.6 Å². The zero-order valence-electron chi connectivity index (χ0n) is 15.4. The fraction of sp³-hybridized carbons (Fsp3) is 0.400. The standard InChI is InChI=1S/C20H21N5O2/c1-11-8-9-25(11)20-22-14-5-3-4-13(14)17(23-20)18-21-15-7-6-12(19(26)27)10-16(15)24(18)2/h6-7,10-11H,3-5,8-9H2,1-2H3,(H,26,27)/t11-/m0/s1. The van der Waals surface area contributed by atoms with E-state index in [0.717, 1.165) is 60.0 Å². The van der Waals surface area contributed by atoms with Gasteiger partial charge in [-0.15, -0.1) is 0 Å². The smallest absolute Gasteiger partial charge is 0.335 e. The van der Waals surface area contributed by atoms with Gasteiger partial charge in [-0.2, -0.15) is 0 Å². The molecule has 1 aliphatic carbocycles. The van der Waals surface area contributed by atoms with E-state index in [0.29, 0.717) is 6.04 Å². The third-order valence-electron chi connectivity index (χ3n) is 5.84. The van der Waals surface area contributed by atoms with Crippen LogP contribution < -0.4 is 4.90 Å². The van der Waals surface area contributed by atoms with Crippen LogP contribution in [-0.4, -0.2) is 43.2 Å². The molecule has 2 aromatic heterocycles. The van der Waals surface area contributed by atoms with Gasteiger partial charge in [0.15, 0.2) is 5.82 Å². The Bertz CT molecular complexity index is 1090. The molecule has 1 fully saturated rings. The van der Waals surface area contributed by atoms with Crippen LogP contribution in [-0.2, 0) is 19.9 Å². The number of aryl methyl sites for hydroxylation is 2. The Morgan fingerprint density at radius 2 is 2.07 bits per heavy atom. The lowest BCUT2D eigenvalue weighted by atomic mass is 10.1. The number of aromatic carboxylic acids is 1. The molecule has 0 bridgehead atoms. The summed E-state index contributed by atoms with van der Waals surface area (Å²) in [6.07, 6.45) is 4.19. The molecule has 3 heterocycles. The third-order valence-corrected chi connectivity index (χ3v) is 5.84. The highest BCUT2D eigenvalue weighted by molar-refractivity contribution is 5.93. The predicted molar refractivity (Wildman–Crippen MR) is 102 cm³/mol. The second-order valence-corrected chi connectivity index (χ2v) is 7.49. The molecular formula is C20H21N5O2. The molecule has 2 aliphatic rings. The topological polar surface area (TPSA) is 84.1 Å². The third kappa shape index (κ3) is 2.41. The molecule has 27 heavy (non-hydrogen) atoms. The van der Waals surface area contributed by atoms with E-state index in [-0.39, 0.29) is 5.56 Å². The number of hydrogen-bond donors (Lipinski definition) is 1. The Morgan fingerprint density at radius 1 is 1.22 bits per heavy atom. The SMILES string of the molecule is C[C@H]1CCN1c1nc2c(c(-c3nc4ccc(C(=O)O)cc4n3C)n1)CCC2. The van der Waals surface area contributed by atoms with E-state index in [1.165, 1.54) is 12.0 Å². The van der Waals surface area contributed by atoms with E-state index >= 15 is 0 Å². The van der Waals surface area contributed by atoms with E-state index in [1.54, 1.807) is 18.2 Å². The van der Waals surface area contributed by atoms with Gasteiger partial charge in [-0.1, -0.05) is 0 Å². The summed E-state index contributed by atoms with van der Waals surface area (Å²) in [7, 11) is 1.92. The molecule has 1 aliphatic heterocycles. The summed E-state index contributed by atoms with van der Waals surface area (Å²) < 4.78 is 1.95. The van der Waals surface area contributed by atoms with Gasteiger partial charge in [-0.05, 0) is 50.8 Å². The number of carbonyl (C=O) groups is 1. The minimum absolute atomic E-state index is 0.264. The van der Waals surface area contributed by atoms with Gasteiger partial charge in [-0.25, -0.2) is 19.7 Å². The second-order valence-electron chi connectivity index (χ2n) is 7.49. The fourth-order valence-corrected chi connectivity index (χ4v) is 4.08. The first-order valence-electron chi connectivity index (χ1n) is 9.39. The molecule has 1 atom stereocenters. The number of carboxylic acid groups (broad SMARTS) is 1. The number of anilines is 1. The number of imidazole rings is 1. The highest BCUT2D eigenvalue weighted by Gasteiger charge is 2.30. The van der Waals surface area contributed by atoms with Gasteiger partial charge in [0.2, 0.25) is 5.95 Å². The Kier molecular flexibility index (Phi) is 3.47. The van der Waals surface area contributed by atoms with Crippen LogP contribution >= 0.6 is 0 Å². The molecule has 1 saturated heterocycles. The highest BCUT2D eigenvalue weighted by atomic mass is 16.4. The van der Waals surface area contributed by atoms with Crippen molar-refractivity contribution in [2.24, 2.45) is 7.05 Å². The number of fused-ring (bicyclic) bond motifs is 2. The van der Waals surface area contributed by atoms with Gasteiger partial charge in [0, 0.05) is 30.9 Å². The lowest BCUT2D eigenvalue weighted by Gasteiger charge is -2.39. The molecular weight excluding hydrogens is 342 g/mol. The molecule has 5 rings (SSSR count). The predicted octanol–water partition coefficient (Wildman–Crippen LogP) is 2.82. The van der Waals surface area contributed by atoms with E-state index < -0.39 is 5.97 Å². The number of carboxylic acids is 1. The molecule has 0 radical (unpaired) electrons. The second kappa shape index (κ2) is 5.77. The lowest BCUT2D eigenvalue weighted by molar-refractivity contribution is 0.0697. The minimum Gasteiger partial charge on any atom is -0.478 e. The van der Waals surface area contributed by atoms with Crippen LogP contribution in [0.5, 0.6) is 0 Å². The maximum Gasteiger partial charge on any atom is 0.335 e. The Morgan fingerprint density at radius 3 is 2.78 bits per heavy atom. The van der Waals surface area contributed by atoms with E-state index in [2.05, 4.69) is 11.8 Å². The van der Waals surface area contributed by atoms with Crippen LogP contribution in [0.4, 0.5) is 5.95 Å². The summed E-state index contributed by atoms with van der Waals surface area (Å²) in [5.41, 5.74) is 5.05. The number of aromatic nitrogens is 4. The Hall–Kier alpha value is -2.96. The summed E-state index contributed by atoms with van der Waals surface area (Å²) >= 11 is 0. The molecule has 1 aromatic carbocycles. The van der Waals surface area contributed by atoms with Crippen LogP contribution in [0.15, 0.2) is 18.2 Å². The average molecular weight is 363 g/mol. The van der Waals surface area contributed by atoms with Crippen LogP contribution in [0.25, 0.3) is 22.6 Å². The molecule has 7 nitrogen and oxygen atoms in total. The minimum atomic E-state index is -0.934. The van der Waals surface area contributed by atoms with Gasteiger partial charge in [-0.3, -0.25) is 0 Å². The summed E-state index contributed by atoms with van der Waals surface area (Å²) in [5, 5.41) is 9.29. The maximum absolute atomic E-state index is 11.3. The number of hydrogen-bond acceptors (Lipinski definition) is 5. The number of rotatable bonds is 3. The first-order chi connectivity index (χ1) is 13.0. The van der Waals surface area contributed by atoms with Crippen molar-refractivity contribution < 1.29 is 9.90 Å². The van der Waals surface area contributed by atoms with E-state index in [4.69, 9.17) is 15.0 Å². The molecule has 0 amide bonds. The van der Waals surface area contributed by atoms with Gasteiger partial charge in [0.1, 0.15) is 5.69 Å². The van der Waals surface area contributed by atoms with Crippen molar-refractivity contribution in [1.29, 1.82) is 0 Å². The summed E-state index contributed by atoms with van der Waals surface area (Å²) in [5.74, 6) is 0.641. The summed E-state index contributed by atoms with van der Waals surface area (Å²) in [6.45, 7) is 3.19. The fourth-order valence-electron chi connectivity index (χ4n) is 4.08. The molecule has 1 N–H and O–H groups in total. The van der Waals surface area contributed by atoms with Gasteiger partial charge < -0.3 is 14.6 Å². The molecule has 7 heteroatoms. The van der Waals surface area contributed by atoms with Crippen molar-refractivity contribution in [3.8, 4) is 11.5 Å². The van der Waals surface area contributed by atoms with Crippen molar-refractivity contribution in [2.75, 3.05) is 11.4 Å². The monoisotopic (exact) mass is 363 g/mol. The van der Waals surface area contributed by atoms with Crippen molar-refractivity contribution in [2.45, 2.75) is 38.6 Å². The number of benzene rings is 1. The normalized spacial score (nSPS) is 18.6. The van der Waals surface area contributed by atoms with Crippen LogP contribution in [0.2, 0.25) is 0 Å². The lowest BCUT2D eigenvalue weighted by Crippen LogP contribution is -2.46. The molecule has 0 saturated carbocycles. The summed E-state index contributed by atoms with van der Waals surface area (Å²) in [4.78, 5) is 28.1. The van der Waals surface area contributed by atoms with Crippen LogP contribution in [0.1, 0.15) is 41.4 Å². The van der Waals surface area contributed by atoms with Gasteiger partial charge >= 0.3 is 5.97 Å². The van der Waals surface area contributed by atoms with Crippen molar-refractivity contribution in [3.63, 3.8) is 0 Å². The molecule has 0 unspecified atom stereocenters.